The maximum absolute atomic E-state index is 12.4. The fraction of sp³-hybridized carbons (Fsp3) is 0.765. The third kappa shape index (κ3) is 3.05. The molecule has 22 heavy (non-hydrogen) atoms. The summed E-state index contributed by atoms with van der Waals surface area (Å²) in [6, 6.07) is 0.594. The molecule has 0 spiro atoms. The van der Waals surface area contributed by atoms with Crippen molar-refractivity contribution in [1.29, 1.82) is 0 Å². The summed E-state index contributed by atoms with van der Waals surface area (Å²) < 4.78 is 1.91. The number of nitrogens with zero attached hydrogens (tertiary/aromatic N) is 2. The van der Waals surface area contributed by atoms with Crippen molar-refractivity contribution in [1.82, 2.24) is 20.4 Å². The molecule has 1 aliphatic carbocycles. The van der Waals surface area contributed by atoms with Gasteiger partial charge in [-0.15, -0.1) is 0 Å². The van der Waals surface area contributed by atoms with Crippen molar-refractivity contribution in [2.45, 2.75) is 64.5 Å². The van der Waals surface area contributed by atoms with E-state index in [9.17, 15) is 4.79 Å². The van der Waals surface area contributed by atoms with Crippen LogP contribution in [-0.4, -0.2) is 34.3 Å². The number of hydrogen-bond acceptors (Lipinski definition) is 3. The van der Waals surface area contributed by atoms with Gasteiger partial charge in [-0.2, -0.15) is 5.10 Å². The normalized spacial score (nSPS) is 27.7. The van der Waals surface area contributed by atoms with Crippen molar-refractivity contribution < 1.29 is 4.79 Å². The van der Waals surface area contributed by atoms with Crippen LogP contribution in [0.1, 0.15) is 49.1 Å². The summed E-state index contributed by atoms with van der Waals surface area (Å²) in [6.07, 6.45) is 7.04. The molecule has 1 aliphatic heterocycles. The van der Waals surface area contributed by atoms with Crippen LogP contribution >= 0.6 is 0 Å². The number of carbonyl (C=O) groups excluding carboxylic acids is 1. The van der Waals surface area contributed by atoms with Crippen LogP contribution in [0.25, 0.3) is 0 Å². The lowest BCUT2D eigenvalue weighted by atomic mass is 9.85. The van der Waals surface area contributed by atoms with Crippen molar-refractivity contribution in [3.05, 3.63) is 17.0 Å². The SMILES string of the molecule is Cc1nn(C)c(C)c1CCNC(=O)C1CC2CCCCC2N1. The molecular weight excluding hydrogens is 276 g/mol. The highest BCUT2D eigenvalue weighted by Crippen LogP contribution is 2.33. The van der Waals surface area contributed by atoms with Gasteiger partial charge in [0, 0.05) is 25.3 Å². The van der Waals surface area contributed by atoms with Crippen molar-refractivity contribution >= 4 is 5.91 Å². The number of amides is 1. The molecule has 1 amide bonds. The lowest BCUT2D eigenvalue weighted by molar-refractivity contribution is -0.122. The van der Waals surface area contributed by atoms with Crippen molar-refractivity contribution in [2.75, 3.05) is 6.54 Å². The van der Waals surface area contributed by atoms with E-state index in [0.29, 0.717) is 18.5 Å². The van der Waals surface area contributed by atoms with Gasteiger partial charge in [0.15, 0.2) is 0 Å². The third-order valence-electron chi connectivity index (χ3n) is 5.51. The number of aromatic nitrogens is 2. The van der Waals surface area contributed by atoms with E-state index in [4.69, 9.17) is 0 Å². The second-order valence-electron chi connectivity index (χ2n) is 6.92. The van der Waals surface area contributed by atoms with E-state index in [1.807, 2.05) is 18.7 Å². The maximum Gasteiger partial charge on any atom is 0.237 e. The van der Waals surface area contributed by atoms with Crippen LogP contribution in [0.2, 0.25) is 0 Å². The Morgan fingerprint density at radius 1 is 1.36 bits per heavy atom. The zero-order chi connectivity index (χ0) is 15.7. The number of fused-ring (bicyclic) bond motifs is 1. The lowest BCUT2D eigenvalue weighted by Gasteiger charge is -2.24. The molecule has 3 atom stereocenters. The summed E-state index contributed by atoms with van der Waals surface area (Å²) in [5.74, 6) is 0.890. The molecule has 2 fully saturated rings. The Kier molecular flexibility index (Phi) is 4.52. The van der Waals surface area contributed by atoms with Crippen LogP contribution in [0, 0.1) is 19.8 Å². The van der Waals surface area contributed by atoms with Gasteiger partial charge in [0.05, 0.1) is 11.7 Å². The van der Waals surface area contributed by atoms with Gasteiger partial charge >= 0.3 is 0 Å². The zero-order valence-electron chi connectivity index (χ0n) is 14.0. The number of nitrogens with one attached hydrogen (secondary N) is 2. The van der Waals surface area contributed by atoms with Crippen LogP contribution in [-0.2, 0) is 18.3 Å². The van der Waals surface area contributed by atoms with E-state index < -0.39 is 0 Å². The minimum absolute atomic E-state index is 0.0178. The molecule has 1 aromatic heterocycles. The predicted octanol–water partition coefficient (Wildman–Crippen LogP) is 1.62. The summed E-state index contributed by atoms with van der Waals surface area (Å²) >= 11 is 0. The number of aryl methyl sites for hydroxylation is 2. The summed E-state index contributed by atoms with van der Waals surface area (Å²) in [6.45, 7) is 4.81. The molecule has 122 valence electrons. The first-order valence-corrected chi connectivity index (χ1v) is 8.59. The first-order valence-electron chi connectivity index (χ1n) is 8.59. The average molecular weight is 304 g/mol. The van der Waals surface area contributed by atoms with E-state index in [0.717, 1.165) is 18.5 Å². The molecule has 0 radical (unpaired) electrons. The minimum atomic E-state index is 0.0178. The highest BCUT2D eigenvalue weighted by Gasteiger charge is 2.37. The Bertz CT molecular complexity index is 537. The zero-order valence-corrected chi connectivity index (χ0v) is 14.0. The number of rotatable bonds is 4. The summed E-state index contributed by atoms with van der Waals surface area (Å²) in [5.41, 5.74) is 3.52. The molecule has 3 rings (SSSR count). The van der Waals surface area contributed by atoms with Gasteiger partial charge in [-0.05, 0) is 51.0 Å². The summed E-state index contributed by atoms with van der Waals surface area (Å²) in [5, 5.41) is 11.1. The molecule has 2 aliphatic rings. The fourth-order valence-electron chi connectivity index (χ4n) is 4.13. The Morgan fingerprint density at radius 3 is 2.82 bits per heavy atom. The molecule has 2 N–H and O–H groups in total. The summed E-state index contributed by atoms with van der Waals surface area (Å²) in [4.78, 5) is 12.4. The molecule has 1 saturated carbocycles. The van der Waals surface area contributed by atoms with Gasteiger partial charge in [-0.1, -0.05) is 12.8 Å². The first kappa shape index (κ1) is 15.5. The van der Waals surface area contributed by atoms with Gasteiger partial charge < -0.3 is 10.6 Å². The van der Waals surface area contributed by atoms with Crippen LogP contribution in [0.5, 0.6) is 0 Å². The Morgan fingerprint density at radius 2 is 2.14 bits per heavy atom. The topological polar surface area (TPSA) is 59.0 Å². The molecule has 5 nitrogen and oxygen atoms in total. The standard InChI is InChI=1S/C17H28N4O/c1-11-14(12(2)21(3)20-11)8-9-18-17(22)16-10-13-6-4-5-7-15(13)19-16/h13,15-16,19H,4-10H2,1-3H3,(H,18,22). The van der Waals surface area contributed by atoms with Gasteiger partial charge in [-0.25, -0.2) is 0 Å². The van der Waals surface area contributed by atoms with E-state index in [1.54, 1.807) is 0 Å². The second kappa shape index (κ2) is 6.41. The predicted molar refractivity (Wildman–Crippen MR) is 86.7 cm³/mol. The van der Waals surface area contributed by atoms with Crippen LogP contribution in [0.3, 0.4) is 0 Å². The van der Waals surface area contributed by atoms with E-state index in [2.05, 4.69) is 22.7 Å². The largest absolute Gasteiger partial charge is 0.354 e. The molecule has 1 aromatic rings. The second-order valence-corrected chi connectivity index (χ2v) is 6.92. The van der Waals surface area contributed by atoms with E-state index in [1.165, 1.54) is 36.9 Å². The van der Waals surface area contributed by atoms with E-state index in [-0.39, 0.29) is 11.9 Å². The third-order valence-corrected chi connectivity index (χ3v) is 5.51. The molecule has 1 saturated heterocycles. The average Bonchev–Trinajstić information content (AvgIpc) is 3.03. The highest BCUT2D eigenvalue weighted by atomic mass is 16.2. The quantitative estimate of drug-likeness (QED) is 0.888. The van der Waals surface area contributed by atoms with Crippen molar-refractivity contribution in [3.8, 4) is 0 Å². The minimum Gasteiger partial charge on any atom is -0.354 e. The lowest BCUT2D eigenvalue weighted by Crippen LogP contribution is -2.43. The molecule has 5 heteroatoms. The Hall–Kier alpha value is -1.36. The maximum atomic E-state index is 12.4. The van der Waals surface area contributed by atoms with Crippen LogP contribution in [0.15, 0.2) is 0 Å². The Balaban J connectivity index is 1.48. The van der Waals surface area contributed by atoms with Crippen molar-refractivity contribution in [3.63, 3.8) is 0 Å². The highest BCUT2D eigenvalue weighted by molar-refractivity contribution is 5.82. The number of carbonyl (C=O) groups is 1. The van der Waals surface area contributed by atoms with Gasteiger partial charge in [0.25, 0.3) is 0 Å². The van der Waals surface area contributed by atoms with Crippen molar-refractivity contribution in [2.24, 2.45) is 13.0 Å². The fourth-order valence-corrected chi connectivity index (χ4v) is 4.13. The van der Waals surface area contributed by atoms with Crippen LogP contribution in [0.4, 0.5) is 0 Å². The van der Waals surface area contributed by atoms with E-state index >= 15 is 0 Å². The molecular formula is C17H28N4O. The van der Waals surface area contributed by atoms with Gasteiger partial charge in [0.2, 0.25) is 5.91 Å². The molecule has 3 unspecified atom stereocenters. The van der Waals surface area contributed by atoms with Gasteiger partial charge in [-0.3, -0.25) is 9.48 Å². The van der Waals surface area contributed by atoms with Crippen LogP contribution < -0.4 is 10.6 Å². The molecule has 0 bridgehead atoms. The smallest absolute Gasteiger partial charge is 0.237 e. The molecule has 0 aromatic carbocycles. The number of hydrogen-bond donors (Lipinski definition) is 2. The van der Waals surface area contributed by atoms with Gasteiger partial charge in [0.1, 0.15) is 0 Å². The first-order chi connectivity index (χ1) is 10.6. The molecule has 2 heterocycles. The monoisotopic (exact) mass is 304 g/mol. The summed E-state index contributed by atoms with van der Waals surface area (Å²) in [7, 11) is 1.97. The Labute approximate surface area is 132 Å².